The molecular weight excluding hydrogens is 242 g/mol. The van der Waals surface area contributed by atoms with Crippen molar-refractivity contribution < 1.29 is 9.32 Å². The summed E-state index contributed by atoms with van der Waals surface area (Å²) in [5, 5.41) is 4.05. The molecule has 0 spiro atoms. The second-order valence-corrected chi connectivity index (χ2v) is 5.14. The van der Waals surface area contributed by atoms with Gasteiger partial charge in [0.05, 0.1) is 0 Å². The average molecular weight is 265 g/mol. The third-order valence-electron chi connectivity index (χ3n) is 3.92. The number of hydrogen-bond donors (Lipinski definition) is 0. The standard InChI is InChI=1S/C14H23N3O2/c1-3-17(4-2)10-9-13-15-14(19-16-13)11-5-7-12(18)8-6-11/h11H,3-10H2,1-2H3. The van der Waals surface area contributed by atoms with E-state index in [4.69, 9.17) is 4.52 Å². The fraction of sp³-hybridized carbons (Fsp3) is 0.786. The highest BCUT2D eigenvalue weighted by molar-refractivity contribution is 5.79. The van der Waals surface area contributed by atoms with E-state index in [0.29, 0.717) is 18.6 Å². The van der Waals surface area contributed by atoms with E-state index in [-0.39, 0.29) is 5.92 Å². The molecule has 1 aromatic rings. The number of rotatable bonds is 6. The van der Waals surface area contributed by atoms with Gasteiger partial charge in [0.15, 0.2) is 5.82 Å². The van der Waals surface area contributed by atoms with Crippen LogP contribution in [0.25, 0.3) is 0 Å². The zero-order chi connectivity index (χ0) is 13.7. The molecule has 0 aliphatic heterocycles. The van der Waals surface area contributed by atoms with Crippen molar-refractivity contribution in [2.24, 2.45) is 0 Å². The lowest BCUT2D eigenvalue weighted by Crippen LogP contribution is -2.25. The molecule has 0 atom stereocenters. The van der Waals surface area contributed by atoms with E-state index in [9.17, 15) is 4.79 Å². The van der Waals surface area contributed by atoms with Crippen molar-refractivity contribution in [3.05, 3.63) is 11.7 Å². The third kappa shape index (κ3) is 3.86. The van der Waals surface area contributed by atoms with Gasteiger partial charge < -0.3 is 9.42 Å². The van der Waals surface area contributed by atoms with Crippen LogP contribution in [0, 0.1) is 0 Å². The molecular formula is C14H23N3O2. The van der Waals surface area contributed by atoms with Crippen molar-refractivity contribution >= 4 is 5.78 Å². The Morgan fingerprint density at radius 3 is 2.58 bits per heavy atom. The van der Waals surface area contributed by atoms with Gasteiger partial charge in [0.2, 0.25) is 5.89 Å². The molecule has 1 aliphatic carbocycles. The minimum atomic E-state index is 0.285. The van der Waals surface area contributed by atoms with Crippen LogP contribution < -0.4 is 0 Å². The molecule has 0 saturated heterocycles. The van der Waals surface area contributed by atoms with Gasteiger partial charge in [-0.2, -0.15) is 4.98 Å². The first kappa shape index (κ1) is 14.2. The minimum Gasteiger partial charge on any atom is -0.339 e. The van der Waals surface area contributed by atoms with Gasteiger partial charge in [0.1, 0.15) is 5.78 Å². The van der Waals surface area contributed by atoms with Gasteiger partial charge in [0, 0.05) is 31.7 Å². The molecule has 0 bridgehead atoms. The highest BCUT2D eigenvalue weighted by atomic mass is 16.5. The molecule has 0 unspecified atom stereocenters. The molecule has 0 N–H and O–H groups in total. The van der Waals surface area contributed by atoms with Crippen molar-refractivity contribution in [1.29, 1.82) is 0 Å². The smallest absolute Gasteiger partial charge is 0.229 e. The van der Waals surface area contributed by atoms with Crippen LogP contribution in [0.4, 0.5) is 0 Å². The minimum absolute atomic E-state index is 0.285. The number of nitrogens with zero attached hydrogens (tertiary/aromatic N) is 3. The maximum Gasteiger partial charge on any atom is 0.229 e. The fourth-order valence-electron chi connectivity index (χ4n) is 2.52. The van der Waals surface area contributed by atoms with E-state index in [1.54, 1.807) is 0 Å². The predicted molar refractivity (Wildman–Crippen MR) is 72.0 cm³/mol. The lowest BCUT2D eigenvalue weighted by Gasteiger charge is -2.17. The SMILES string of the molecule is CCN(CC)CCc1noc(C2CCC(=O)CC2)n1. The number of hydrogen-bond acceptors (Lipinski definition) is 5. The first-order valence-corrected chi connectivity index (χ1v) is 7.29. The van der Waals surface area contributed by atoms with Crippen molar-refractivity contribution in [2.75, 3.05) is 19.6 Å². The first-order chi connectivity index (χ1) is 9.22. The Labute approximate surface area is 114 Å². The van der Waals surface area contributed by atoms with Crippen molar-refractivity contribution in [3.63, 3.8) is 0 Å². The first-order valence-electron chi connectivity index (χ1n) is 7.29. The van der Waals surface area contributed by atoms with Crippen LogP contribution in [-0.2, 0) is 11.2 Å². The molecule has 0 radical (unpaired) electrons. The lowest BCUT2D eigenvalue weighted by atomic mass is 9.88. The van der Waals surface area contributed by atoms with Crippen molar-refractivity contribution in [3.8, 4) is 0 Å². The van der Waals surface area contributed by atoms with Gasteiger partial charge in [0.25, 0.3) is 0 Å². The second kappa shape index (κ2) is 6.80. The average Bonchev–Trinajstić information content (AvgIpc) is 2.89. The topological polar surface area (TPSA) is 59.2 Å². The molecule has 1 aliphatic rings. The number of ketones is 1. The van der Waals surface area contributed by atoms with E-state index in [0.717, 1.165) is 50.6 Å². The summed E-state index contributed by atoms with van der Waals surface area (Å²) in [4.78, 5) is 18.0. The summed E-state index contributed by atoms with van der Waals surface area (Å²) in [5.74, 6) is 2.16. The maximum absolute atomic E-state index is 11.2. The molecule has 0 aromatic carbocycles. The van der Waals surface area contributed by atoms with Gasteiger partial charge >= 0.3 is 0 Å². The summed E-state index contributed by atoms with van der Waals surface area (Å²) in [6, 6.07) is 0. The molecule has 1 aromatic heterocycles. The predicted octanol–water partition coefficient (Wildman–Crippen LogP) is 2.18. The molecule has 106 valence electrons. The fourth-order valence-corrected chi connectivity index (χ4v) is 2.52. The molecule has 0 amide bonds. The number of likely N-dealkylation sites (N-methyl/N-ethyl adjacent to an activating group) is 1. The van der Waals surface area contributed by atoms with Gasteiger partial charge in [-0.3, -0.25) is 4.79 Å². The zero-order valence-corrected chi connectivity index (χ0v) is 11.9. The van der Waals surface area contributed by atoms with E-state index in [1.807, 2.05) is 0 Å². The Balaban J connectivity index is 1.86. The Morgan fingerprint density at radius 2 is 1.95 bits per heavy atom. The van der Waals surface area contributed by atoms with E-state index >= 15 is 0 Å². The van der Waals surface area contributed by atoms with Crippen LogP contribution >= 0.6 is 0 Å². The molecule has 1 heterocycles. The molecule has 1 fully saturated rings. The monoisotopic (exact) mass is 265 g/mol. The van der Waals surface area contributed by atoms with Crippen LogP contribution in [-0.4, -0.2) is 40.5 Å². The van der Waals surface area contributed by atoms with E-state index in [2.05, 4.69) is 28.9 Å². The maximum atomic E-state index is 11.2. The summed E-state index contributed by atoms with van der Waals surface area (Å²) in [5.41, 5.74) is 0. The largest absolute Gasteiger partial charge is 0.339 e. The van der Waals surface area contributed by atoms with Gasteiger partial charge in [-0.15, -0.1) is 0 Å². The van der Waals surface area contributed by atoms with E-state index in [1.165, 1.54) is 0 Å². The van der Waals surface area contributed by atoms with Crippen LogP contribution in [0.15, 0.2) is 4.52 Å². The van der Waals surface area contributed by atoms with Gasteiger partial charge in [-0.25, -0.2) is 0 Å². The molecule has 2 rings (SSSR count). The van der Waals surface area contributed by atoms with E-state index < -0.39 is 0 Å². The summed E-state index contributed by atoms with van der Waals surface area (Å²) in [6.45, 7) is 7.38. The second-order valence-electron chi connectivity index (χ2n) is 5.14. The Kier molecular flexibility index (Phi) is 5.07. The zero-order valence-electron chi connectivity index (χ0n) is 11.9. The van der Waals surface area contributed by atoms with Crippen LogP contribution in [0.5, 0.6) is 0 Å². The normalized spacial score (nSPS) is 17.3. The van der Waals surface area contributed by atoms with Crippen molar-refractivity contribution in [2.45, 2.75) is 51.9 Å². The number of Topliss-reactive ketones (excluding diaryl/α,β-unsaturated/α-hetero) is 1. The summed E-state index contributed by atoms with van der Waals surface area (Å²) < 4.78 is 5.35. The quantitative estimate of drug-likeness (QED) is 0.789. The Hall–Kier alpha value is -1.23. The van der Waals surface area contributed by atoms with Crippen molar-refractivity contribution in [1.82, 2.24) is 15.0 Å². The molecule has 1 saturated carbocycles. The van der Waals surface area contributed by atoms with Gasteiger partial charge in [-0.1, -0.05) is 19.0 Å². The number of carbonyl (C=O) groups excluding carboxylic acids is 1. The lowest BCUT2D eigenvalue weighted by molar-refractivity contribution is -0.120. The number of aromatic nitrogens is 2. The summed E-state index contributed by atoms with van der Waals surface area (Å²) >= 11 is 0. The molecule has 5 heteroatoms. The van der Waals surface area contributed by atoms with Crippen LogP contribution in [0.1, 0.15) is 57.2 Å². The summed E-state index contributed by atoms with van der Waals surface area (Å²) in [6.07, 6.45) is 3.85. The van der Waals surface area contributed by atoms with Gasteiger partial charge in [-0.05, 0) is 25.9 Å². The number of carbonyl (C=O) groups is 1. The molecule has 19 heavy (non-hydrogen) atoms. The summed E-state index contributed by atoms with van der Waals surface area (Å²) in [7, 11) is 0. The Morgan fingerprint density at radius 1 is 1.26 bits per heavy atom. The third-order valence-corrected chi connectivity index (χ3v) is 3.92. The highest BCUT2D eigenvalue weighted by Gasteiger charge is 2.24. The Bertz CT molecular complexity index is 403. The van der Waals surface area contributed by atoms with Crippen LogP contribution in [0.2, 0.25) is 0 Å². The highest BCUT2D eigenvalue weighted by Crippen LogP contribution is 2.29. The van der Waals surface area contributed by atoms with Crippen LogP contribution in [0.3, 0.4) is 0 Å². The molecule has 5 nitrogen and oxygen atoms in total.